The van der Waals surface area contributed by atoms with Gasteiger partial charge in [-0.3, -0.25) is 0 Å². The normalized spacial score (nSPS) is 16.8. The van der Waals surface area contributed by atoms with Crippen molar-refractivity contribution in [1.29, 1.82) is 0 Å². The van der Waals surface area contributed by atoms with Crippen LogP contribution >= 0.6 is 45.1 Å². The van der Waals surface area contributed by atoms with Gasteiger partial charge in [0.15, 0.2) is 0 Å². The summed E-state index contributed by atoms with van der Waals surface area (Å²) < 4.78 is 60.1. The predicted octanol–water partition coefficient (Wildman–Crippen LogP) is 4.82. The summed E-state index contributed by atoms with van der Waals surface area (Å²) in [6, 6.07) is 27.3. The molecule has 3 aliphatic rings. The molecular formula is C30H39Cl2IN3O8S2-. The second-order valence-electron chi connectivity index (χ2n) is 9.39. The Morgan fingerprint density at radius 1 is 0.717 bits per heavy atom. The lowest BCUT2D eigenvalue weighted by Crippen LogP contribution is -2.36. The Morgan fingerprint density at radius 3 is 1.41 bits per heavy atom. The number of para-hydroxylation sites is 1. The van der Waals surface area contributed by atoms with Crippen LogP contribution in [0.15, 0.2) is 89.8 Å². The molecule has 0 radical (unpaired) electrons. The Bertz CT molecular complexity index is 1310. The molecule has 0 saturated carbocycles. The van der Waals surface area contributed by atoms with Gasteiger partial charge in [0.05, 0.1) is 56.4 Å². The molecular weight excluding hydrogens is 792 g/mol. The van der Waals surface area contributed by atoms with Gasteiger partial charge >= 0.3 is 0 Å². The standard InChI is InChI=1S/C10H12ClNO3S.C10H13NO.C6H5I.C4H9NO.ClHO3S/c11-16(13,14)10-3-1-9(2-4-10)12-5-7-15-8-6-12;1-2-4-10(5-3-1)11-6-8-12-9-7-11;7-6-4-2-1-3-5-6;1-3-6-4-2-5-1;1-4-5(2)3/h1-4H,5-8H2;1-5H,6-9H2;1-5H;5H,1-4H2;(H,2,3)/p-1. The van der Waals surface area contributed by atoms with Gasteiger partial charge in [-0.1, -0.05) is 36.4 Å². The van der Waals surface area contributed by atoms with Crippen LogP contribution in [-0.4, -0.2) is 96.1 Å². The maximum absolute atomic E-state index is 11.1. The fourth-order valence-corrected chi connectivity index (χ4v) is 5.22. The topological polar surface area (TPSA) is 130 Å². The minimum atomic E-state index is -3.62. The van der Waals surface area contributed by atoms with Crippen molar-refractivity contribution in [1.82, 2.24) is 5.32 Å². The molecule has 0 aromatic heterocycles. The van der Waals surface area contributed by atoms with E-state index in [0.717, 1.165) is 71.4 Å². The first kappa shape index (κ1) is 40.6. The lowest BCUT2D eigenvalue weighted by Gasteiger charge is -2.28. The Balaban J connectivity index is 0.000000216. The number of hydrogen-bond donors (Lipinski definition) is 1. The van der Waals surface area contributed by atoms with E-state index in [9.17, 15) is 8.42 Å². The molecule has 1 unspecified atom stereocenters. The maximum Gasteiger partial charge on any atom is 0.261 e. The van der Waals surface area contributed by atoms with Crippen LogP contribution in [0.4, 0.5) is 11.4 Å². The molecule has 1 N–H and O–H groups in total. The predicted molar refractivity (Wildman–Crippen MR) is 191 cm³/mol. The number of halogens is 3. The first-order chi connectivity index (χ1) is 22.2. The van der Waals surface area contributed by atoms with Crippen molar-refractivity contribution < 1.29 is 35.1 Å². The minimum absolute atomic E-state index is 0.131. The number of ether oxygens (including phenoxy) is 3. The average Bonchev–Trinajstić information content (AvgIpc) is 3.11. The molecule has 3 heterocycles. The van der Waals surface area contributed by atoms with Crippen molar-refractivity contribution in [3.05, 3.63) is 88.5 Å². The molecule has 1 atom stereocenters. The van der Waals surface area contributed by atoms with Crippen LogP contribution < -0.4 is 15.1 Å². The number of rotatable bonds is 4. The summed E-state index contributed by atoms with van der Waals surface area (Å²) in [7, 11) is 1.61. The molecule has 46 heavy (non-hydrogen) atoms. The zero-order chi connectivity index (χ0) is 33.5. The number of anilines is 2. The summed E-state index contributed by atoms with van der Waals surface area (Å²) >= 11 is 3.95. The van der Waals surface area contributed by atoms with E-state index in [2.05, 4.69) is 89.7 Å². The summed E-state index contributed by atoms with van der Waals surface area (Å²) in [5, 5.41) is 3.16. The van der Waals surface area contributed by atoms with Gasteiger partial charge in [0, 0.05) is 64.9 Å². The first-order valence-electron chi connectivity index (χ1n) is 14.3. The lowest BCUT2D eigenvalue weighted by molar-refractivity contribution is 0.109. The molecule has 6 rings (SSSR count). The number of benzene rings is 3. The third-order valence-corrected chi connectivity index (χ3v) is 8.76. The molecule has 0 spiro atoms. The quantitative estimate of drug-likeness (QED) is 0.221. The number of nitrogens with one attached hydrogen (secondary N) is 1. The van der Waals surface area contributed by atoms with Gasteiger partial charge in [-0.05, 0) is 71.1 Å². The molecule has 256 valence electrons. The molecule has 3 fully saturated rings. The summed E-state index contributed by atoms with van der Waals surface area (Å²) in [5.41, 5.74) is 2.30. The van der Waals surface area contributed by atoms with Crippen molar-refractivity contribution in [2.24, 2.45) is 0 Å². The Labute approximate surface area is 297 Å². The fourth-order valence-electron chi connectivity index (χ4n) is 4.03. The molecule has 11 nitrogen and oxygen atoms in total. The van der Waals surface area contributed by atoms with E-state index in [4.69, 9.17) is 33.7 Å². The highest BCUT2D eigenvalue weighted by Crippen LogP contribution is 2.21. The van der Waals surface area contributed by atoms with E-state index >= 15 is 0 Å². The zero-order valence-corrected chi connectivity index (χ0v) is 30.5. The van der Waals surface area contributed by atoms with Crippen LogP contribution in [0.3, 0.4) is 0 Å². The van der Waals surface area contributed by atoms with Gasteiger partial charge < -0.3 is 33.9 Å². The van der Waals surface area contributed by atoms with E-state index in [1.807, 2.05) is 24.3 Å². The third kappa shape index (κ3) is 18.7. The maximum atomic E-state index is 11.1. The highest BCUT2D eigenvalue weighted by molar-refractivity contribution is 14.1. The van der Waals surface area contributed by atoms with Crippen LogP contribution in [0.2, 0.25) is 0 Å². The van der Waals surface area contributed by atoms with Crippen molar-refractivity contribution in [3.63, 3.8) is 0 Å². The SMILES string of the molecule is C1COCCN1.Ic1ccccc1.O=S(=O)(Cl)c1ccc(N2CCOCC2)cc1.O=S([O-])OCl.c1ccc(N2CCOCC2)cc1. The highest BCUT2D eigenvalue weighted by Gasteiger charge is 2.13. The smallest absolute Gasteiger partial charge is 0.261 e. The highest BCUT2D eigenvalue weighted by atomic mass is 127. The van der Waals surface area contributed by atoms with Gasteiger partial charge in [0.25, 0.3) is 9.05 Å². The molecule has 3 aromatic rings. The molecule has 16 heteroatoms. The van der Waals surface area contributed by atoms with Crippen LogP contribution in [0.25, 0.3) is 0 Å². The van der Waals surface area contributed by atoms with Crippen LogP contribution in [0.5, 0.6) is 0 Å². The average molecular weight is 832 g/mol. The fraction of sp³-hybridized carbons (Fsp3) is 0.400. The van der Waals surface area contributed by atoms with Crippen molar-refractivity contribution >= 4 is 76.9 Å². The van der Waals surface area contributed by atoms with Gasteiger partial charge in [-0.15, -0.1) is 0 Å². The van der Waals surface area contributed by atoms with Gasteiger partial charge in [-0.2, -0.15) is 3.74 Å². The summed E-state index contributed by atoms with van der Waals surface area (Å²) in [4.78, 5) is 4.63. The molecule has 0 bridgehead atoms. The third-order valence-electron chi connectivity index (χ3n) is 6.26. The van der Waals surface area contributed by atoms with E-state index in [1.165, 1.54) is 21.4 Å². The second-order valence-corrected chi connectivity index (χ2v) is 14.1. The number of hydrogen-bond acceptors (Lipinski definition) is 11. The van der Waals surface area contributed by atoms with E-state index in [1.54, 1.807) is 12.1 Å². The summed E-state index contributed by atoms with van der Waals surface area (Å²) in [6.07, 6.45) is 0. The Kier molecular flexibility index (Phi) is 21.7. The molecule has 3 aliphatic heterocycles. The Morgan fingerprint density at radius 2 is 1.11 bits per heavy atom. The summed E-state index contributed by atoms with van der Waals surface area (Å²) in [5.74, 6) is 0. The second kappa shape index (κ2) is 24.6. The van der Waals surface area contributed by atoms with Gasteiger partial charge in [0.1, 0.15) is 11.4 Å². The van der Waals surface area contributed by atoms with Crippen molar-refractivity contribution in [3.8, 4) is 0 Å². The van der Waals surface area contributed by atoms with Gasteiger partial charge in [-0.25, -0.2) is 12.6 Å². The molecule has 0 aliphatic carbocycles. The molecule has 3 aromatic carbocycles. The van der Waals surface area contributed by atoms with Crippen LogP contribution in [0, 0.1) is 3.57 Å². The monoisotopic (exact) mass is 830 g/mol. The van der Waals surface area contributed by atoms with E-state index in [0.29, 0.717) is 13.2 Å². The largest absolute Gasteiger partial charge is 0.749 e. The number of morpholine rings is 3. The molecule has 0 amide bonds. The van der Waals surface area contributed by atoms with Crippen molar-refractivity contribution in [2.75, 3.05) is 88.7 Å². The molecule has 3 saturated heterocycles. The van der Waals surface area contributed by atoms with Gasteiger partial charge in [0.2, 0.25) is 0 Å². The Hall–Kier alpha value is -1.57. The number of nitrogens with zero attached hydrogens (tertiary/aromatic N) is 2. The summed E-state index contributed by atoms with van der Waals surface area (Å²) in [6.45, 7) is 10.6. The minimum Gasteiger partial charge on any atom is -0.749 e. The zero-order valence-electron chi connectivity index (χ0n) is 25.2. The lowest BCUT2D eigenvalue weighted by atomic mass is 10.2. The van der Waals surface area contributed by atoms with Crippen LogP contribution in [-0.2, 0) is 38.4 Å². The van der Waals surface area contributed by atoms with Crippen molar-refractivity contribution in [2.45, 2.75) is 4.90 Å². The van der Waals surface area contributed by atoms with E-state index < -0.39 is 20.4 Å². The first-order valence-corrected chi connectivity index (χ1v) is 19.0. The van der Waals surface area contributed by atoms with E-state index in [-0.39, 0.29) is 4.90 Å². The van der Waals surface area contributed by atoms with Crippen LogP contribution in [0.1, 0.15) is 0 Å².